The third-order valence-corrected chi connectivity index (χ3v) is 9.44. The van der Waals surface area contributed by atoms with E-state index in [-0.39, 0.29) is 29.3 Å². The van der Waals surface area contributed by atoms with Crippen LogP contribution in [-0.4, -0.2) is 31.7 Å². The third kappa shape index (κ3) is 4.75. The van der Waals surface area contributed by atoms with Crippen molar-refractivity contribution in [2.45, 2.75) is 51.7 Å². The van der Waals surface area contributed by atoms with Crippen molar-refractivity contribution in [3.05, 3.63) is 99.9 Å². The van der Waals surface area contributed by atoms with Crippen LogP contribution in [0.1, 0.15) is 49.4 Å². The van der Waals surface area contributed by atoms with Crippen molar-refractivity contribution in [2.24, 2.45) is 17.1 Å². The Morgan fingerprint density at radius 1 is 1.05 bits per heavy atom. The first-order chi connectivity index (χ1) is 18.7. The summed E-state index contributed by atoms with van der Waals surface area (Å²) in [5, 5.41) is 5.95. The van der Waals surface area contributed by atoms with Crippen molar-refractivity contribution in [3.63, 3.8) is 0 Å². The van der Waals surface area contributed by atoms with E-state index in [2.05, 4.69) is 37.0 Å². The maximum Gasteiger partial charge on any atom is 0.224 e. The van der Waals surface area contributed by atoms with Gasteiger partial charge in [-0.1, -0.05) is 61.3 Å². The molecule has 2 aromatic heterocycles. The molecule has 1 unspecified atom stereocenters. The number of amides is 1. The molecule has 3 heterocycles. The van der Waals surface area contributed by atoms with E-state index in [0.717, 1.165) is 29.1 Å². The molecule has 200 valence electrons. The number of aromatic nitrogens is 3. The highest BCUT2D eigenvalue weighted by atomic mass is 35.5. The Labute approximate surface area is 238 Å². The molecular weight excluding hydrogens is 529 g/mol. The molecule has 6 rings (SSSR count). The standard InChI is InChI=1S/C31H31Cl2N5O/c1-31(2)22(14-30(39)37-18-21-7-4-3-6-19(21)12-29(37)34)13-24(31)28-16-27(20-8-5-11-35-17-20)36-38(28)23-9-10-25(32)26(33)15-23/h3-11,15-17,22,24,29H,12-14,18,34H2,1-2H3/t22-,24-,29?/m1/s1. The van der Waals surface area contributed by atoms with Crippen molar-refractivity contribution < 1.29 is 4.79 Å². The van der Waals surface area contributed by atoms with Crippen molar-refractivity contribution in [3.8, 4) is 16.9 Å². The number of nitrogens with zero attached hydrogens (tertiary/aromatic N) is 4. The first-order valence-corrected chi connectivity index (χ1v) is 14.1. The Morgan fingerprint density at radius 2 is 1.85 bits per heavy atom. The molecule has 2 N–H and O–H groups in total. The molecule has 2 aromatic carbocycles. The molecule has 1 aliphatic heterocycles. The van der Waals surface area contributed by atoms with Gasteiger partial charge < -0.3 is 10.6 Å². The zero-order chi connectivity index (χ0) is 27.3. The van der Waals surface area contributed by atoms with Gasteiger partial charge in [0.2, 0.25) is 5.91 Å². The molecule has 4 aromatic rings. The molecule has 1 aliphatic carbocycles. The summed E-state index contributed by atoms with van der Waals surface area (Å²) in [5.74, 6) is 0.569. The number of carbonyl (C=O) groups excluding carboxylic acids is 1. The van der Waals surface area contributed by atoms with Crippen molar-refractivity contribution in [1.29, 1.82) is 0 Å². The van der Waals surface area contributed by atoms with E-state index in [0.29, 0.717) is 29.4 Å². The molecule has 0 radical (unpaired) electrons. The van der Waals surface area contributed by atoms with Crippen LogP contribution in [0.3, 0.4) is 0 Å². The Kier molecular flexibility index (Phi) is 6.74. The predicted octanol–water partition coefficient (Wildman–Crippen LogP) is 6.63. The van der Waals surface area contributed by atoms with Crippen LogP contribution in [0.4, 0.5) is 0 Å². The van der Waals surface area contributed by atoms with Crippen LogP contribution in [0.5, 0.6) is 0 Å². The summed E-state index contributed by atoms with van der Waals surface area (Å²) in [4.78, 5) is 19.6. The fraction of sp³-hybridized carbons (Fsp3) is 0.323. The zero-order valence-electron chi connectivity index (χ0n) is 22.0. The van der Waals surface area contributed by atoms with Crippen LogP contribution < -0.4 is 5.73 Å². The highest BCUT2D eigenvalue weighted by molar-refractivity contribution is 6.42. The number of nitrogens with two attached hydrogens (primary N) is 1. The van der Waals surface area contributed by atoms with Crippen LogP contribution in [0.15, 0.2) is 73.1 Å². The van der Waals surface area contributed by atoms with Crippen LogP contribution >= 0.6 is 23.2 Å². The molecular formula is C31H31Cl2N5O. The molecule has 1 fully saturated rings. The van der Waals surface area contributed by atoms with Gasteiger partial charge in [-0.25, -0.2) is 4.68 Å². The Morgan fingerprint density at radius 3 is 2.56 bits per heavy atom. The molecule has 8 heteroatoms. The van der Waals surface area contributed by atoms with Crippen LogP contribution in [0.25, 0.3) is 16.9 Å². The average molecular weight is 561 g/mol. The third-order valence-electron chi connectivity index (χ3n) is 8.70. The summed E-state index contributed by atoms with van der Waals surface area (Å²) in [6.45, 7) is 5.08. The van der Waals surface area contributed by atoms with E-state index in [9.17, 15) is 4.79 Å². The fourth-order valence-corrected chi connectivity index (χ4v) is 6.43. The first-order valence-electron chi connectivity index (χ1n) is 13.3. The molecule has 0 spiro atoms. The minimum atomic E-state index is -0.287. The quantitative estimate of drug-likeness (QED) is 0.297. The number of fused-ring (bicyclic) bond motifs is 1. The highest BCUT2D eigenvalue weighted by Crippen LogP contribution is 2.58. The molecule has 3 atom stereocenters. The van der Waals surface area contributed by atoms with Crippen LogP contribution in [0.2, 0.25) is 10.0 Å². The number of halogens is 2. The largest absolute Gasteiger partial charge is 0.323 e. The Hall–Kier alpha value is -3.19. The Balaban J connectivity index is 1.26. The second-order valence-electron chi connectivity index (χ2n) is 11.3. The van der Waals surface area contributed by atoms with E-state index in [1.807, 2.05) is 52.2 Å². The minimum Gasteiger partial charge on any atom is -0.323 e. The van der Waals surface area contributed by atoms with Gasteiger partial charge in [0.25, 0.3) is 0 Å². The van der Waals surface area contributed by atoms with E-state index in [1.165, 1.54) is 11.1 Å². The van der Waals surface area contributed by atoms with Crippen LogP contribution in [0, 0.1) is 11.3 Å². The molecule has 0 saturated heterocycles. The molecule has 39 heavy (non-hydrogen) atoms. The van der Waals surface area contributed by atoms with E-state index < -0.39 is 0 Å². The van der Waals surface area contributed by atoms with Gasteiger partial charge in [0.1, 0.15) is 0 Å². The number of hydrogen-bond acceptors (Lipinski definition) is 4. The summed E-state index contributed by atoms with van der Waals surface area (Å²) >= 11 is 12.6. The van der Waals surface area contributed by atoms with Crippen molar-refractivity contribution in [1.82, 2.24) is 19.7 Å². The van der Waals surface area contributed by atoms with Gasteiger partial charge >= 0.3 is 0 Å². The molecule has 6 nitrogen and oxygen atoms in total. The fourth-order valence-electron chi connectivity index (χ4n) is 6.14. The highest BCUT2D eigenvalue weighted by Gasteiger charge is 2.51. The SMILES string of the molecule is CC1(C)[C@@H](CC(=O)N2Cc3ccccc3CC2N)C[C@@H]1c1cc(-c2cccnc2)nn1-c1ccc(Cl)c(Cl)c1. The van der Waals surface area contributed by atoms with E-state index in [4.69, 9.17) is 34.0 Å². The number of hydrogen-bond donors (Lipinski definition) is 1. The second-order valence-corrected chi connectivity index (χ2v) is 12.1. The normalized spacial score (nSPS) is 21.8. The predicted molar refractivity (Wildman–Crippen MR) is 155 cm³/mol. The van der Waals surface area contributed by atoms with Crippen molar-refractivity contribution >= 4 is 29.1 Å². The summed E-state index contributed by atoms with van der Waals surface area (Å²) in [5.41, 5.74) is 12.5. The topological polar surface area (TPSA) is 77.0 Å². The van der Waals surface area contributed by atoms with Crippen LogP contribution in [-0.2, 0) is 17.8 Å². The lowest BCUT2D eigenvalue weighted by molar-refractivity contribution is -0.139. The molecule has 1 amide bonds. The van der Waals surface area contributed by atoms with Gasteiger partial charge in [-0.05, 0) is 65.3 Å². The van der Waals surface area contributed by atoms with Crippen molar-refractivity contribution in [2.75, 3.05) is 0 Å². The molecule has 1 saturated carbocycles. The van der Waals surface area contributed by atoms with Gasteiger partial charge in [-0.2, -0.15) is 5.10 Å². The maximum absolute atomic E-state index is 13.5. The van der Waals surface area contributed by atoms with Gasteiger partial charge in [-0.15, -0.1) is 0 Å². The average Bonchev–Trinajstić information content (AvgIpc) is 3.36. The van der Waals surface area contributed by atoms with Gasteiger partial charge in [0.15, 0.2) is 0 Å². The second kappa shape index (κ2) is 10.1. The van der Waals surface area contributed by atoms with E-state index in [1.54, 1.807) is 12.3 Å². The number of benzene rings is 2. The summed E-state index contributed by atoms with van der Waals surface area (Å²) in [6.07, 6.45) is 5.35. The van der Waals surface area contributed by atoms with Gasteiger partial charge in [0, 0.05) is 49.0 Å². The summed E-state index contributed by atoms with van der Waals surface area (Å²) in [7, 11) is 0. The monoisotopic (exact) mass is 559 g/mol. The zero-order valence-corrected chi connectivity index (χ0v) is 23.5. The lowest BCUT2D eigenvalue weighted by Crippen LogP contribution is -2.52. The lowest BCUT2D eigenvalue weighted by atomic mass is 9.52. The lowest BCUT2D eigenvalue weighted by Gasteiger charge is -2.52. The number of carbonyl (C=O) groups is 1. The smallest absolute Gasteiger partial charge is 0.224 e. The molecule has 0 bridgehead atoms. The minimum absolute atomic E-state index is 0.117. The molecule has 2 aliphatic rings. The summed E-state index contributed by atoms with van der Waals surface area (Å²) < 4.78 is 1.96. The van der Waals surface area contributed by atoms with Gasteiger partial charge in [0.05, 0.1) is 27.6 Å². The number of pyridine rings is 1. The van der Waals surface area contributed by atoms with Gasteiger partial charge in [-0.3, -0.25) is 9.78 Å². The first kappa shape index (κ1) is 26.1. The maximum atomic E-state index is 13.5. The summed E-state index contributed by atoms with van der Waals surface area (Å²) in [6, 6.07) is 19.9. The Bertz CT molecular complexity index is 1530. The number of rotatable bonds is 5. The van der Waals surface area contributed by atoms with E-state index >= 15 is 0 Å².